The van der Waals surface area contributed by atoms with E-state index in [1.165, 1.54) is 17.2 Å². The Balaban J connectivity index is 2.55. The second-order valence-electron chi connectivity index (χ2n) is 9.70. The van der Waals surface area contributed by atoms with Crippen LogP contribution in [-0.2, 0) is 15.6 Å². The van der Waals surface area contributed by atoms with Gasteiger partial charge in [-0.3, -0.25) is 0 Å². The average molecular weight is 397 g/mol. The van der Waals surface area contributed by atoms with Gasteiger partial charge in [-0.1, -0.05) is 72.3 Å². The summed E-state index contributed by atoms with van der Waals surface area (Å²) in [7, 11) is 0. The Morgan fingerprint density at radius 3 is 2.45 bits per heavy atom. The molecule has 158 valence electrons. The molecule has 0 radical (unpaired) electrons. The number of carboxylic acid groups (broad SMARTS) is 1. The molecule has 1 N–H and O–H groups in total. The summed E-state index contributed by atoms with van der Waals surface area (Å²) >= 11 is 0. The monoisotopic (exact) mass is 396 g/mol. The highest BCUT2D eigenvalue weighted by Gasteiger charge is 2.42. The van der Waals surface area contributed by atoms with E-state index in [1.54, 1.807) is 6.92 Å². The highest BCUT2D eigenvalue weighted by Crippen LogP contribution is 2.49. The quantitative estimate of drug-likeness (QED) is 0.424. The topological polar surface area (TPSA) is 46.5 Å². The highest BCUT2D eigenvalue weighted by atomic mass is 16.5. The molecule has 0 aromatic heterocycles. The third-order valence-corrected chi connectivity index (χ3v) is 5.75. The molecule has 0 saturated carbocycles. The number of fused-ring (bicyclic) bond motifs is 1. The molecule has 1 aliphatic rings. The maximum absolute atomic E-state index is 10.8. The van der Waals surface area contributed by atoms with Crippen molar-refractivity contribution >= 4 is 11.5 Å². The zero-order valence-electron chi connectivity index (χ0n) is 19.2. The summed E-state index contributed by atoms with van der Waals surface area (Å²) in [6, 6.07) is 4.58. The fraction of sp³-hybridized carbons (Fsp3) is 0.500. The van der Waals surface area contributed by atoms with E-state index < -0.39 is 5.97 Å². The standard InChI is InChI=1S/C26H36O3/c1-9-11-22-26(7,8)21-16-19(25(4,5)6)15-20(24(21)29-22)18(3)13-10-12-17(2)14-23(27)28/h10,12-16,22H,9,11H2,1-8H3,(H,27,28)/b12-10+,17-14+,18-13-. The molecule has 3 nitrogen and oxygen atoms in total. The van der Waals surface area contributed by atoms with Crippen molar-refractivity contribution < 1.29 is 14.6 Å². The van der Waals surface area contributed by atoms with Crippen LogP contribution < -0.4 is 4.74 Å². The molecular weight excluding hydrogens is 360 g/mol. The van der Waals surface area contributed by atoms with E-state index in [1.807, 2.05) is 18.2 Å². The lowest BCUT2D eigenvalue weighted by Gasteiger charge is -2.27. The number of carbonyl (C=O) groups is 1. The summed E-state index contributed by atoms with van der Waals surface area (Å²) in [5, 5.41) is 8.86. The lowest BCUT2D eigenvalue weighted by Crippen LogP contribution is -2.32. The largest absolute Gasteiger partial charge is 0.489 e. The fourth-order valence-corrected chi connectivity index (χ4v) is 3.78. The molecule has 0 bridgehead atoms. The van der Waals surface area contributed by atoms with Crippen molar-refractivity contribution in [2.75, 3.05) is 0 Å². The number of carboxylic acids is 1. The van der Waals surface area contributed by atoms with E-state index in [0.717, 1.165) is 29.7 Å². The van der Waals surface area contributed by atoms with E-state index in [0.29, 0.717) is 5.57 Å². The van der Waals surface area contributed by atoms with Crippen LogP contribution in [0.5, 0.6) is 5.75 Å². The molecule has 0 saturated heterocycles. The van der Waals surface area contributed by atoms with E-state index in [9.17, 15) is 4.79 Å². The van der Waals surface area contributed by atoms with E-state index in [4.69, 9.17) is 9.84 Å². The van der Waals surface area contributed by atoms with Crippen molar-refractivity contribution in [1.82, 2.24) is 0 Å². The summed E-state index contributed by atoms with van der Waals surface area (Å²) in [5.74, 6) is 0.0718. The van der Waals surface area contributed by atoms with Gasteiger partial charge in [0.25, 0.3) is 0 Å². The van der Waals surface area contributed by atoms with Crippen LogP contribution in [0.15, 0.2) is 42.0 Å². The van der Waals surface area contributed by atoms with Crippen LogP contribution in [0, 0.1) is 0 Å². The summed E-state index contributed by atoms with van der Waals surface area (Å²) in [6.07, 6.45) is 9.27. The van der Waals surface area contributed by atoms with Gasteiger partial charge in [-0.05, 0) is 48.5 Å². The van der Waals surface area contributed by atoms with Crippen LogP contribution in [0.4, 0.5) is 0 Å². The molecule has 1 aliphatic heterocycles. The molecule has 0 fully saturated rings. The van der Waals surface area contributed by atoms with E-state index in [-0.39, 0.29) is 16.9 Å². The van der Waals surface area contributed by atoms with Crippen molar-refractivity contribution in [2.24, 2.45) is 0 Å². The molecule has 0 amide bonds. The van der Waals surface area contributed by atoms with Crippen LogP contribution in [0.2, 0.25) is 0 Å². The second-order valence-corrected chi connectivity index (χ2v) is 9.70. The summed E-state index contributed by atoms with van der Waals surface area (Å²) < 4.78 is 6.51. The average Bonchev–Trinajstić information content (AvgIpc) is 2.83. The molecule has 1 unspecified atom stereocenters. The number of aliphatic carboxylic acids is 1. The van der Waals surface area contributed by atoms with Gasteiger partial charge in [-0.25, -0.2) is 4.79 Å². The lowest BCUT2D eigenvalue weighted by atomic mass is 9.75. The zero-order chi connectivity index (χ0) is 22.0. The van der Waals surface area contributed by atoms with Gasteiger partial charge in [0.2, 0.25) is 0 Å². The van der Waals surface area contributed by atoms with Gasteiger partial charge in [0.05, 0.1) is 0 Å². The van der Waals surface area contributed by atoms with Gasteiger partial charge in [0.15, 0.2) is 0 Å². The minimum atomic E-state index is -0.929. The molecular formula is C26H36O3. The van der Waals surface area contributed by atoms with Crippen LogP contribution >= 0.6 is 0 Å². The molecule has 0 spiro atoms. The number of rotatable bonds is 6. The zero-order valence-corrected chi connectivity index (χ0v) is 19.2. The Kier molecular flexibility index (Phi) is 6.82. The van der Waals surface area contributed by atoms with Crippen molar-refractivity contribution in [2.45, 2.75) is 85.2 Å². The van der Waals surface area contributed by atoms with Crippen molar-refractivity contribution in [3.8, 4) is 5.75 Å². The van der Waals surface area contributed by atoms with Gasteiger partial charge in [0, 0.05) is 22.6 Å². The first-order valence-electron chi connectivity index (χ1n) is 10.5. The Morgan fingerprint density at radius 1 is 1.24 bits per heavy atom. The molecule has 3 heteroatoms. The first-order valence-corrected chi connectivity index (χ1v) is 10.5. The number of hydrogen-bond acceptors (Lipinski definition) is 2. The number of allylic oxidation sites excluding steroid dienone is 5. The molecule has 2 rings (SSSR count). The molecule has 1 heterocycles. The van der Waals surface area contributed by atoms with Gasteiger partial charge in [-0.2, -0.15) is 0 Å². The van der Waals surface area contributed by atoms with Crippen molar-refractivity contribution in [3.05, 3.63) is 58.7 Å². The fourth-order valence-electron chi connectivity index (χ4n) is 3.78. The Hall–Kier alpha value is -2.29. The maximum atomic E-state index is 10.8. The lowest BCUT2D eigenvalue weighted by molar-refractivity contribution is -0.131. The summed E-state index contributed by atoms with van der Waals surface area (Å²) in [4.78, 5) is 10.8. The number of hydrogen-bond donors (Lipinski definition) is 1. The van der Waals surface area contributed by atoms with E-state index >= 15 is 0 Å². The van der Waals surface area contributed by atoms with Gasteiger partial charge in [0.1, 0.15) is 11.9 Å². The Bertz CT molecular complexity index is 861. The maximum Gasteiger partial charge on any atom is 0.328 e. The van der Waals surface area contributed by atoms with Crippen LogP contribution in [0.25, 0.3) is 5.57 Å². The minimum Gasteiger partial charge on any atom is -0.489 e. The summed E-state index contributed by atoms with van der Waals surface area (Å²) in [6.45, 7) is 17.4. The third kappa shape index (κ3) is 5.20. The van der Waals surface area contributed by atoms with Crippen LogP contribution in [0.3, 0.4) is 0 Å². The first-order chi connectivity index (χ1) is 13.4. The highest BCUT2D eigenvalue weighted by molar-refractivity contribution is 5.81. The van der Waals surface area contributed by atoms with Crippen LogP contribution in [-0.4, -0.2) is 17.2 Å². The number of benzene rings is 1. The molecule has 1 aromatic rings. The normalized spacial score (nSPS) is 19.4. The van der Waals surface area contributed by atoms with Gasteiger partial charge >= 0.3 is 5.97 Å². The molecule has 1 atom stereocenters. The first kappa shape index (κ1) is 23.0. The Morgan fingerprint density at radius 2 is 1.90 bits per heavy atom. The Labute approximate surface area is 176 Å². The van der Waals surface area contributed by atoms with Crippen LogP contribution in [0.1, 0.15) is 84.9 Å². The molecule has 0 aliphatic carbocycles. The SMILES string of the molecule is CCCC1Oc2c(\C(C)=C/C=C/C(C)=C/C(=O)O)cc(C(C)(C)C)cc2C1(C)C. The predicted molar refractivity (Wildman–Crippen MR) is 122 cm³/mol. The van der Waals surface area contributed by atoms with Gasteiger partial charge in [-0.15, -0.1) is 0 Å². The van der Waals surface area contributed by atoms with E-state index in [2.05, 4.69) is 60.6 Å². The minimum absolute atomic E-state index is 0.0295. The summed E-state index contributed by atoms with van der Waals surface area (Å²) in [5.41, 5.74) is 5.55. The third-order valence-electron chi connectivity index (χ3n) is 5.75. The second kappa shape index (κ2) is 8.61. The van der Waals surface area contributed by atoms with Gasteiger partial charge < -0.3 is 9.84 Å². The molecule has 29 heavy (non-hydrogen) atoms. The van der Waals surface area contributed by atoms with Crippen molar-refractivity contribution in [1.29, 1.82) is 0 Å². The predicted octanol–water partition coefficient (Wildman–Crippen LogP) is 6.81. The molecule has 1 aromatic carbocycles. The smallest absolute Gasteiger partial charge is 0.328 e. The number of ether oxygens (including phenoxy) is 1. The van der Waals surface area contributed by atoms with Crippen molar-refractivity contribution in [3.63, 3.8) is 0 Å².